The van der Waals surface area contributed by atoms with Gasteiger partial charge < -0.3 is 14.8 Å². The summed E-state index contributed by atoms with van der Waals surface area (Å²) in [5.41, 5.74) is 3.62. The zero-order valence-corrected chi connectivity index (χ0v) is 20.7. The van der Waals surface area contributed by atoms with E-state index in [2.05, 4.69) is 45.5 Å². The number of anilines is 1. The van der Waals surface area contributed by atoms with Gasteiger partial charge >= 0.3 is 0 Å². The highest BCUT2D eigenvalue weighted by Crippen LogP contribution is 2.41. The fourth-order valence-electron chi connectivity index (χ4n) is 4.22. The first-order valence-electron chi connectivity index (χ1n) is 11.0. The van der Waals surface area contributed by atoms with E-state index in [-0.39, 0.29) is 11.8 Å². The Morgan fingerprint density at radius 2 is 1.18 bits per heavy atom. The maximum Gasteiger partial charge on any atom is 0.232 e. The van der Waals surface area contributed by atoms with Crippen LogP contribution in [0.4, 0.5) is 5.69 Å². The molecule has 1 unspecified atom stereocenters. The molecule has 1 atom stereocenters. The van der Waals surface area contributed by atoms with Crippen LogP contribution < -0.4 is 14.8 Å². The van der Waals surface area contributed by atoms with Crippen molar-refractivity contribution in [2.75, 3.05) is 19.5 Å². The van der Waals surface area contributed by atoms with Crippen LogP contribution in [0.3, 0.4) is 0 Å². The Labute approximate surface area is 208 Å². The molecule has 0 saturated carbocycles. The number of hydrogen-bond donors (Lipinski definition) is 1. The van der Waals surface area contributed by atoms with Crippen LogP contribution in [0.15, 0.2) is 108 Å². The topological polar surface area (TPSA) is 47.6 Å². The molecular formula is C29H26BrNO3. The van der Waals surface area contributed by atoms with Gasteiger partial charge in [0.15, 0.2) is 0 Å². The SMILES string of the molecule is COc1cc(NC(=O)C(c2ccccc2)C(c2ccccc2)c2ccccc2)c(OC)cc1Br. The summed E-state index contributed by atoms with van der Waals surface area (Å²) in [6, 6.07) is 33.8. The lowest BCUT2D eigenvalue weighted by Crippen LogP contribution is -2.27. The van der Waals surface area contributed by atoms with Crippen molar-refractivity contribution in [3.63, 3.8) is 0 Å². The molecule has 0 fully saturated rings. The average Bonchev–Trinajstić information content (AvgIpc) is 2.89. The molecule has 0 saturated heterocycles. The Hall–Kier alpha value is -3.57. The minimum absolute atomic E-state index is 0.133. The summed E-state index contributed by atoms with van der Waals surface area (Å²) in [4.78, 5) is 14.0. The number of nitrogens with one attached hydrogen (secondary N) is 1. The van der Waals surface area contributed by atoms with E-state index in [1.54, 1.807) is 26.4 Å². The van der Waals surface area contributed by atoms with Crippen molar-refractivity contribution in [3.05, 3.63) is 124 Å². The number of carbonyl (C=O) groups excluding carboxylic acids is 1. The first kappa shape index (κ1) is 23.6. The number of amides is 1. The van der Waals surface area contributed by atoms with Gasteiger partial charge in [0.25, 0.3) is 0 Å². The van der Waals surface area contributed by atoms with Crippen LogP contribution in [0.25, 0.3) is 0 Å². The molecule has 34 heavy (non-hydrogen) atoms. The second-order valence-corrected chi connectivity index (χ2v) is 8.72. The highest BCUT2D eigenvalue weighted by molar-refractivity contribution is 9.10. The zero-order valence-electron chi connectivity index (χ0n) is 19.1. The molecule has 4 nitrogen and oxygen atoms in total. The largest absolute Gasteiger partial charge is 0.495 e. The summed E-state index contributed by atoms with van der Waals surface area (Å²) in [5, 5.41) is 3.12. The molecule has 0 radical (unpaired) electrons. The second kappa shape index (κ2) is 11.0. The molecule has 0 aliphatic carbocycles. The lowest BCUT2D eigenvalue weighted by Gasteiger charge is -2.28. The number of hydrogen-bond acceptors (Lipinski definition) is 3. The monoisotopic (exact) mass is 515 g/mol. The molecule has 5 heteroatoms. The van der Waals surface area contributed by atoms with Crippen molar-refractivity contribution >= 4 is 27.5 Å². The number of benzene rings is 4. The van der Waals surface area contributed by atoms with Gasteiger partial charge in [0.05, 0.1) is 30.3 Å². The summed E-state index contributed by atoms with van der Waals surface area (Å²) in [6.45, 7) is 0. The second-order valence-electron chi connectivity index (χ2n) is 7.86. The van der Waals surface area contributed by atoms with Gasteiger partial charge in [-0.05, 0) is 32.6 Å². The number of ether oxygens (including phenoxy) is 2. The van der Waals surface area contributed by atoms with Crippen LogP contribution in [0, 0.1) is 0 Å². The zero-order chi connectivity index (χ0) is 23.9. The number of halogens is 1. The van der Waals surface area contributed by atoms with E-state index in [4.69, 9.17) is 9.47 Å². The first-order valence-corrected chi connectivity index (χ1v) is 11.8. The predicted octanol–water partition coefficient (Wildman–Crippen LogP) is 7.02. The molecule has 4 aromatic carbocycles. The Kier molecular flexibility index (Phi) is 7.65. The van der Waals surface area contributed by atoms with E-state index in [0.29, 0.717) is 17.2 Å². The summed E-state index contributed by atoms with van der Waals surface area (Å²) in [6.07, 6.45) is 0. The summed E-state index contributed by atoms with van der Waals surface area (Å²) in [7, 11) is 3.17. The van der Waals surface area contributed by atoms with Crippen LogP contribution in [-0.4, -0.2) is 20.1 Å². The molecule has 0 aliphatic heterocycles. The third kappa shape index (κ3) is 5.15. The predicted molar refractivity (Wildman–Crippen MR) is 140 cm³/mol. The average molecular weight is 516 g/mol. The van der Waals surface area contributed by atoms with E-state index in [1.165, 1.54) is 0 Å². The van der Waals surface area contributed by atoms with Gasteiger partial charge in [-0.15, -0.1) is 0 Å². The van der Waals surface area contributed by atoms with E-state index in [0.717, 1.165) is 21.2 Å². The Morgan fingerprint density at radius 1 is 0.706 bits per heavy atom. The highest BCUT2D eigenvalue weighted by Gasteiger charge is 2.33. The standard InChI is InChI=1S/C29H26BrNO3/c1-33-25-19-24(26(34-2)18-23(25)30)31-29(32)28(22-16-10-5-11-17-22)27(20-12-6-3-7-13-20)21-14-8-4-9-15-21/h3-19,27-28H,1-2H3,(H,31,32). The molecule has 1 N–H and O–H groups in total. The van der Waals surface area contributed by atoms with Crippen LogP contribution in [-0.2, 0) is 4.79 Å². The van der Waals surface area contributed by atoms with E-state index in [9.17, 15) is 4.79 Å². The van der Waals surface area contributed by atoms with E-state index < -0.39 is 5.92 Å². The fourth-order valence-corrected chi connectivity index (χ4v) is 4.71. The molecule has 4 rings (SSSR count). The first-order chi connectivity index (χ1) is 16.6. The van der Waals surface area contributed by atoms with Gasteiger partial charge in [-0.1, -0.05) is 91.0 Å². The molecule has 0 bridgehead atoms. The normalized spacial score (nSPS) is 11.6. The quantitative estimate of drug-likeness (QED) is 0.274. The van der Waals surface area contributed by atoms with E-state index in [1.807, 2.05) is 66.7 Å². The van der Waals surface area contributed by atoms with Gasteiger partial charge in [-0.25, -0.2) is 0 Å². The summed E-state index contributed by atoms with van der Waals surface area (Å²) in [5.74, 6) is 0.351. The van der Waals surface area contributed by atoms with Gasteiger partial charge in [-0.3, -0.25) is 4.79 Å². The molecular weight excluding hydrogens is 490 g/mol. The molecule has 0 aliphatic rings. The maximum atomic E-state index is 14.0. The van der Waals surface area contributed by atoms with Crippen molar-refractivity contribution in [1.29, 1.82) is 0 Å². The van der Waals surface area contributed by atoms with Crippen molar-refractivity contribution in [2.24, 2.45) is 0 Å². The van der Waals surface area contributed by atoms with Crippen LogP contribution in [0.2, 0.25) is 0 Å². The molecule has 4 aromatic rings. The maximum absolute atomic E-state index is 14.0. The molecule has 1 amide bonds. The highest BCUT2D eigenvalue weighted by atomic mass is 79.9. The van der Waals surface area contributed by atoms with Crippen LogP contribution in [0.5, 0.6) is 11.5 Å². The summed E-state index contributed by atoms with van der Waals surface area (Å²) < 4.78 is 11.7. The van der Waals surface area contributed by atoms with Gasteiger partial charge in [0.2, 0.25) is 5.91 Å². The lowest BCUT2D eigenvalue weighted by atomic mass is 9.76. The lowest BCUT2D eigenvalue weighted by molar-refractivity contribution is -0.117. The Balaban J connectivity index is 1.83. The molecule has 172 valence electrons. The Morgan fingerprint density at radius 3 is 1.65 bits per heavy atom. The Bertz CT molecular complexity index is 1190. The van der Waals surface area contributed by atoms with Crippen molar-refractivity contribution in [2.45, 2.75) is 11.8 Å². The van der Waals surface area contributed by atoms with E-state index >= 15 is 0 Å². The minimum Gasteiger partial charge on any atom is -0.495 e. The number of carbonyl (C=O) groups is 1. The molecule has 0 spiro atoms. The fraction of sp³-hybridized carbons (Fsp3) is 0.138. The van der Waals surface area contributed by atoms with Gasteiger partial charge in [0.1, 0.15) is 11.5 Å². The van der Waals surface area contributed by atoms with Gasteiger partial charge in [0, 0.05) is 18.1 Å². The van der Waals surface area contributed by atoms with Crippen molar-refractivity contribution in [1.82, 2.24) is 0 Å². The summed E-state index contributed by atoms with van der Waals surface area (Å²) >= 11 is 3.48. The smallest absolute Gasteiger partial charge is 0.232 e. The van der Waals surface area contributed by atoms with Gasteiger partial charge in [-0.2, -0.15) is 0 Å². The molecule has 0 aromatic heterocycles. The third-order valence-corrected chi connectivity index (χ3v) is 6.44. The number of rotatable bonds is 8. The van der Waals surface area contributed by atoms with Crippen molar-refractivity contribution in [3.8, 4) is 11.5 Å². The molecule has 0 heterocycles. The van der Waals surface area contributed by atoms with Crippen LogP contribution in [0.1, 0.15) is 28.5 Å². The van der Waals surface area contributed by atoms with Crippen LogP contribution >= 0.6 is 15.9 Å². The third-order valence-electron chi connectivity index (χ3n) is 5.82. The minimum atomic E-state index is -0.481. The number of methoxy groups -OCH3 is 2. The van der Waals surface area contributed by atoms with Crippen molar-refractivity contribution < 1.29 is 14.3 Å².